The van der Waals surface area contributed by atoms with Gasteiger partial charge in [0.2, 0.25) is 0 Å². The maximum atomic E-state index is 5.37. The van der Waals surface area contributed by atoms with E-state index in [2.05, 4.69) is 29.2 Å². The summed E-state index contributed by atoms with van der Waals surface area (Å²) in [7, 11) is 1.79. The molecule has 90 valence electrons. The average molecular weight is 230 g/mol. The van der Waals surface area contributed by atoms with E-state index in [1.165, 1.54) is 29.4 Å². The number of hydrogen-bond donors (Lipinski definition) is 1. The van der Waals surface area contributed by atoms with Crippen LogP contribution in [-0.2, 0) is 4.74 Å². The maximum Gasteiger partial charge on any atom is 0.137 e. The quantitative estimate of drug-likeness (QED) is 0.876. The molecule has 0 aliphatic heterocycles. The number of pyridine rings is 1. The second-order valence-corrected chi connectivity index (χ2v) is 5.05. The topological polar surface area (TPSA) is 37.9 Å². The minimum absolute atomic E-state index is 0.525. The number of aromatic amines is 1. The molecule has 1 fully saturated rings. The number of fused-ring (bicyclic) bond motifs is 1. The number of hydrogen-bond acceptors (Lipinski definition) is 2. The van der Waals surface area contributed by atoms with Crippen molar-refractivity contribution in [2.75, 3.05) is 13.7 Å². The maximum absolute atomic E-state index is 5.37. The first-order valence-corrected chi connectivity index (χ1v) is 6.22. The summed E-state index contributed by atoms with van der Waals surface area (Å²) in [5.74, 6) is 1.33. The number of H-pyrrole nitrogens is 1. The van der Waals surface area contributed by atoms with Gasteiger partial charge in [-0.2, -0.15) is 0 Å². The monoisotopic (exact) mass is 230 g/mol. The molecule has 1 aliphatic carbocycles. The zero-order chi connectivity index (χ0) is 11.8. The fourth-order valence-corrected chi connectivity index (χ4v) is 2.59. The standard InChI is InChI=1S/C14H18N2O/c1-9-5-11-12(7-16-14(11)15-6-9)13(8-17-2)10-3-4-10/h5-7,10,13H,3-4,8H2,1-2H3,(H,15,16). The van der Waals surface area contributed by atoms with Crippen LogP contribution < -0.4 is 0 Å². The number of rotatable bonds is 4. The Morgan fingerprint density at radius 1 is 1.53 bits per heavy atom. The van der Waals surface area contributed by atoms with Crippen molar-refractivity contribution >= 4 is 11.0 Å². The molecule has 2 aromatic rings. The molecule has 1 aliphatic rings. The lowest BCUT2D eigenvalue weighted by Crippen LogP contribution is -2.08. The van der Waals surface area contributed by atoms with Crippen molar-refractivity contribution in [3.63, 3.8) is 0 Å². The van der Waals surface area contributed by atoms with Gasteiger partial charge in [0, 0.05) is 30.8 Å². The Balaban J connectivity index is 2.05. The molecule has 0 saturated heterocycles. The van der Waals surface area contributed by atoms with E-state index < -0.39 is 0 Å². The van der Waals surface area contributed by atoms with Gasteiger partial charge in [-0.05, 0) is 42.9 Å². The Morgan fingerprint density at radius 3 is 3.06 bits per heavy atom. The SMILES string of the molecule is COCC(c1c[nH]c2ncc(C)cc12)C1CC1. The van der Waals surface area contributed by atoms with Crippen molar-refractivity contribution in [2.45, 2.75) is 25.7 Å². The third-order valence-corrected chi connectivity index (χ3v) is 3.64. The number of aromatic nitrogens is 2. The molecule has 1 unspecified atom stereocenters. The van der Waals surface area contributed by atoms with Crippen LogP contribution in [-0.4, -0.2) is 23.7 Å². The summed E-state index contributed by atoms with van der Waals surface area (Å²) in [6.45, 7) is 2.90. The van der Waals surface area contributed by atoms with Crippen LogP contribution in [0.4, 0.5) is 0 Å². The lowest BCUT2D eigenvalue weighted by atomic mass is 9.95. The van der Waals surface area contributed by atoms with Crippen molar-refractivity contribution in [2.24, 2.45) is 5.92 Å². The molecule has 0 bridgehead atoms. The first-order chi connectivity index (χ1) is 8.29. The van der Waals surface area contributed by atoms with Gasteiger partial charge in [0.1, 0.15) is 5.65 Å². The third-order valence-electron chi connectivity index (χ3n) is 3.64. The Kier molecular flexibility index (Phi) is 2.63. The molecule has 3 rings (SSSR count). The summed E-state index contributed by atoms with van der Waals surface area (Å²) in [5, 5.41) is 1.26. The molecule has 1 saturated carbocycles. The van der Waals surface area contributed by atoms with Crippen LogP contribution in [0, 0.1) is 12.8 Å². The molecule has 0 amide bonds. The highest BCUT2D eigenvalue weighted by atomic mass is 16.5. The van der Waals surface area contributed by atoms with Gasteiger partial charge in [0.05, 0.1) is 6.61 Å². The molecular formula is C14H18N2O. The van der Waals surface area contributed by atoms with E-state index in [0.717, 1.165) is 18.2 Å². The smallest absolute Gasteiger partial charge is 0.137 e. The second kappa shape index (κ2) is 4.15. The van der Waals surface area contributed by atoms with Crippen LogP contribution >= 0.6 is 0 Å². The molecule has 1 atom stereocenters. The first kappa shape index (κ1) is 10.8. The van der Waals surface area contributed by atoms with E-state index in [0.29, 0.717) is 5.92 Å². The van der Waals surface area contributed by atoms with Crippen molar-refractivity contribution in [1.82, 2.24) is 9.97 Å². The minimum atomic E-state index is 0.525. The second-order valence-electron chi connectivity index (χ2n) is 5.05. The molecule has 0 spiro atoms. The molecule has 0 aromatic carbocycles. The van der Waals surface area contributed by atoms with Gasteiger partial charge in [-0.3, -0.25) is 0 Å². The van der Waals surface area contributed by atoms with E-state index in [-0.39, 0.29) is 0 Å². The van der Waals surface area contributed by atoms with Gasteiger partial charge < -0.3 is 9.72 Å². The summed E-state index contributed by atoms with van der Waals surface area (Å²) < 4.78 is 5.37. The predicted octanol–water partition coefficient (Wildman–Crippen LogP) is 3.01. The molecule has 3 heteroatoms. The van der Waals surface area contributed by atoms with E-state index >= 15 is 0 Å². The number of aryl methyl sites for hydroxylation is 1. The van der Waals surface area contributed by atoms with Crippen LogP contribution in [0.1, 0.15) is 29.9 Å². The molecule has 0 radical (unpaired) electrons. The number of nitrogens with zero attached hydrogens (tertiary/aromatic N) is 1. The Hall–Kier alpha value is -1.35. The summed E-state index contributed by atoms with van der Waals surface area (Å²) >= 11 is 0. The summed E-state index contributed by atoms with van der Waals surface area (Å²) in [5.41, 5.74) is 3.58. The molecule has 2 heterocycles. The molecule has 3 nitrogen and oxygen atoms in total. The molecular weight excluding hydrogens is 212 g/mol. The van der Waals surface area contributed by atoms with Crippen molar-refractivity contribution in [3.8, 4) is 0 Å². The van der Waals surface area contributed by atoms with Gasteiger partial charge in [-0.25, -0.2) is 4.98 Å². The fourth-order valence-electron chi connectivity index (χ4n) is 2.59. The van der Waals surface area contributed by atoms with Gasteiger partial charge in [-0.1, -0.05) is 0 Å². The number of ether oxygens (including phenoxy) is 1. The Labute approximate surface area is 101 Å². The fraction of sp³-hybridized carbons (Fsp3) is 0.500. The number of methoxy groups -OCH3 is 1. The van der Waals surface area contributed by atoms with Crippen LogP contribution in [0.3, 0.4) is 0 Å². The predicted molar refractivity (Wildman–Crippen MR) is 68.2 cm³/mol. The zero-order valence-electron chi connectivity index (χ0n) is 10.4. The summed E-state index contributed by atoms with van der Waals surface area (Å²) in [4.78, 5) is 7.70. The van der Waals surface area contributed by atoms with Crippen molar-refractivity contribution in [3.05, 3.63) is 29.6 Å². The van der Waals surface area contributed by atoms with Gasteiger partial charge in [-0.15, -0.1) is 0 Å². The van der Waals surface area contributed by atoms with Crippen LogP contribution in [0.25, 0.3) is 11.0 Å². The Bertz CT molecular complexity index is 528. The van der Waals surface area contributed by atoms with Crippen molar-refractivity contribution in [1.29, 1.82) is 0 Å². The van der Waals surface area contributed by atoms with Crippen molar-refractivity contribution < 1.29 is 4.74 Å². The highest BCUT2D eigenvalue weighted by molar-refractivity contribution is 5.81. The highest BCUT2D eigenvalue weighted by Crippen LogP contribution is 2.44. The average Bonchev–Trinajstić information content (AvgIpc) is 3.07. The molecule has 1 N–H and O–H groups in total. The first-order valence-electron chi connectivity index (χ1n) is 6.22. The zero-order valence-corrected chi connectivity index (χ0v) is 10.4. The van der Waals surface area contributed by atoms with Gasteiger partial charge in [0.25, 0.3) is 0 Å². The normalized spacial score (nSPS) is 17.5. The van der Waals surface area contributed by atoms with E-state index in [1.54, 1.807) is 7.11 Å². The van der Waals surface area contributed by atoms with Crippen LogP contribution in [0.2, 0.25) is 0 Å². The summed E-state index contributed by atoms with van der Waals surface area (Å²) in [6.07, 6.45) is 6.68. The van der Waals surface area contributed by atoms with Gasteiger partial charge >= 0.3 is 0 Å². The highest BCUT2D eigenvalue weighted by Gasteiger charge is 2.33. The molecule has 17 heavy (non-hydrogen) atoms. The lowest BCUT2D eigenvalue weighted by Gasteiger charge is -2.14. The van der Waals surface area contributed by atoms with E-state index in [1.807, 2.05) is 6.20 Å². The lowest BCUT2D eigenvalue weighted by molar-refractivity contribution is 0.172. The van der Waals surface area contributed by atoms with E-state index in [4.69, 9.17) is 4.74 Å². The summed E-state index contributed by atoms with van der Waals surface area (Å²) in [6, 6.07) is 2.22. The Morgan fingerprint density at radius 2 is 2.35 bits per heavy atom. The molecule has 2 aromatic heterocycles. The van der Waals surface area contributed by atoms with Gasteiger partial charge in [0.15, 0.2) is 0 Å². The number of nitrogens with one attached hydrogen (secondary N) is 1. The largest absolute Gasteiger partial charge is 0.384 e. The van der Waals surface area contributed by atoms with Crippen LogP contribution in [0.5, 0.6) is 0 Å². The van der Waals surface area contributed by atoms with Crippen LogP contribution in [0.15, 0.2) is 18.5 Å². The van der Waals surface area contributed by atoms with E-state index in [9.17, 15) is 0 Å². The minimum Gasteiger partial charge on any atom is -0.384 e. The third kappa shape index (κ3) is 1.95.